The third-order valence-electron chi connectivity index (χ3n) is 2.21. The van der Waals surface area contributed by atoms with Gasteiger partial charge in [0.15, 0.2) is 0 Å². The third kappa shape index (κ3) is 2.51. The van der Waals surface area contributed by atoms with Gasteiger partial charge < -0.3 is 4.52 Å². The number of aromatic nitrogens is 1. The predicted octanol–water partition coefficient (Wildman–Crippen LogP) is 2.14. The van der Waals surface area contributed by atoms with E-state index in [1.54, 1.807) is 13.0 Å². The topological polar surface area (TPSA) is 98.3 Å². The molecule has 1 N–H and O–H groups in total. The molecule has 0 spiro atoms. The predicted molar refractivity (Wildman–Crippen MR) is 62.3 cm³/mol. The quantitative estimate of drug-likeness (QED) is 0.661. The van der Waals surface area contributed by atoms with Crippen LogP contribution in [0.1, 0.15) is 16.1 Å². The lowest BCUT2D eigenvalue weighted by Crippen LogP contribution is -2.11. The standard InChI is InChI=1S/C11H9N3O4/c1-7-6-10(18-13-7)12-11(15)8-2-4-9(5-3-8)14(16)17/h2-6H,1H3,(H,12,15). The summed E-state index contributed by atoms with van der Waals surface area (Å²) >= 11 is 0. The first-order valence-corrected chi connectivity index (χ1v) is 5.05. The molecule has 18 heavy (non-hydrogen) atoms. The van der Waals surface area contributed by atoms with Gasteiger partial charge in [-0.3, -0.25) is 20.2 Å². The Bertz CT molecular complexity index is 589. The van der Waals surface area contributed by atoms with E-state index in [4.69, 9.17) is 4.52 Å². The minimum absolute atomic E-state index is 0.0675. The van der Waals surface area contributed by atoms with E-state index in [0.29, 0.717) is 11.3 Å². The lowest BCUT2D eigenvalue weighted by atomic mass is 10.2. The number of rotatable bonds is 3. The van der Waals surface area contributed by atoms with Gasteiger partial charge in [0.25, 0.3) is 11.6 Å². The van der Waals surface area contributed by atoms with E-state index in [-0.39, 0.29) is 11.6 Å². The Kier molecular flexibility index (Phi) is 3.05. The van der Waals surface area contributed by atoms with Crippen molar-refractivity contribution in [3.63, 3.8) is 0 Å². The van der Waals surface area contributed by atoms with Gasteiger partial charge >= 0.3 is 0 Å². The Morgan fingerprint density at radius 3 is 2.56 bits per heavy atom. The van der Waals surface area contributed by atoms with Crippen LogP contribution in [0.3, 0.4) is 0 Å². The van der Waals surface area contributed by atoms with Crippen molar-refractivity contribution in [2.24, 2.45) is 0 Å². The van der Waals surface area contributed by atoms with E-state index in [1.807, 2.05) is 0 Å². The van der Waals surface area contributed by atoms with Gasteiger partial charge in [0.05, 0.1) is 10.6 Å². The number of nitrogens with zero attached hydrogens (tertiary/aromatic N) is 2. The van der Waals surface area contributed by atoms with E-state index >= 15 is 0 Å². The van der Waals surface area contributed by atoms with Gasteiger partial charge in [-0.1, -0.05) is 5.16 Å². The van der Waals surface area contributed by atoms with Crippen LogP contribution in [0.4, 0.5) is 11.6 Å². The fourth-order valence-corrected chi connectivity index (χ4v) is 1.34. The number of aryl methyl sites for hydroxylation is 1. The molecule has 0 fully saturated rings. The molecule has 1 aromatic heterocycles. The molecule has 1 heterocycles. The summed E-state index contributed by atoms with van der Waals surface area (Å²) in [5.74, 6) is -0.183. The molecule has 0 saturated carbocycles. The van der Waals surface area contributed by atoms with Crippen LogP contribution in [0, 0.1) is 17.0 Å². The molecule has 0 aliphatic rings. The minimum atomic E-state index is -0.526. The number of hydrogen-bond acceptors (Lipinski definition) is 5. The van der Waals surface area contributed by atoms with Crippen LogP contribution < -0.4 is 5.32 Å². The number of non-ortho nitro benzene ring substituents is 1. The molecular formula is C11H9N3O4. The van der Waals surface area contributed by atoms with Gasteiger partial charge in [-0.2, -0.15) is 0 Å². The molecular weight excluding hydrogens is 238 g/mol. The Hall–Kier alpha value is -2.70. The second-order valence-corrected chi connectivity index (χ2v) is 3.59. The first kappa shape index (κ1) is 11.8. The lowest BCUT2D eigenvalue weighted by molar-refractivity contribution is -0.384. The molecule has 0 unspecified atom stereocenters. The van der Waals surface area contributed by atoms with E-state index in [9.17, 15) is 14.9 Å². The van der Waals surface area contributed by atoms with E-state index in [1.165, 1.54) is 24.3 Å². The normalized spacial score (nSPS) is 10.1. The largest absolute Gasteiger partial charge is 0.338 e. The van der Waals surface area contributed by atoms with Crippen molar-refractivity contribution >= 4 is 17.5 Å². The highest BCUT2D eigenvalue weighted by Crippen LogP contribution is 2.14. The van der Waals surface area contributed by atoms with E-state index in [0.717, 1.165) is 0 Å². The Morgan fingerprint density at radius 2 is 2.06 bits per heavy atom. The van der Waals surface area contributed by atoms with Gasteiger partial charge in [0, 0.05) is 23.8 Å². The molecule has 7 nitrogen and oxygen atoms in total. The van der Waals surface area contributed by atoms with Crippen molar-refractivity contribution in [2.45, 2.75) is 6.92 Å². The summed E-state index contributed by atoms with van der Waals surface area (Å²) in [6.45, 7) is 1.73. The number of amides is 1. The number of hydrogen-bond donors (Lipinski definition) is 1. The molecule has 2 aromatic rings. The number of benzene rings is 1. The average molecular weight is 247 g/mol. The molecule has 2 rings (SSSR count). The highest BCUT2D eigenvalue weighted by atomic mass is 16.6. The summed E-state index contributed by atoms with van der Waals surface area (Å²) in [6.07, 6.45) is 0. The summed E-state index contributed by atoms with van der Waals surface area (Å²) < 4.78 is 4.83. The molecule has 0 aliphatic heterocycles. The number of carbonyl (C=O) groups is 1. The monoisotopic (exact) mass is 247 g/mol. The van der Waals surface area contributed by atoms with Crippen molar-refractivity contribution in [3.05, 3.63) is 51.7 Å². The number of anilines is 1. The maximum Gasteiger partial charge on any atom is 0.269 e. The summed E-state index contributed by atoms with van der Waals surface area (Å²) in [6, 6.07) is 6.85. The van der Waals surface area contributed by atoms with Crippen molar-refractivity contribution < 1.29 is 14.2 Å². The third-order valence-corrected chi connectivity index (χ3v) is 2.21. The Morgan fingerprint density at radius 1 is 1.39 bits per heavy atom. The second kappa shape index (κ2) is 4.66. The summed E-state index contributed by atoms with van der Waals surface area (Å²) in [5, 5.41) is 16.6. The van der Waals surface area contributed by atoms with Gasteiger partial charge in [-0.25, -0.2) is 0 Å². The SMILES string of the molecule is Cc1cc(NC(=O)c2ccc([N+](=O)[O-])cc2)on1. The van der Waals surface area contributed by atoms with Crippen molar-refractivity contribution in [2.75, 3.05) is 5.32 Å². The van der Waals surface area contributed by atoms with Gasteiger partial charge in [-0.15, -0.1) is 0 Å². The number of nitro groups is 1. The maximum atomic E-state index is 11.7. The molecule has 0 bridgehead atoms. The summed E-state index contributed by atoms with van der Waals surface area (Å²) in [7, 11) is 0. The van der Waals surface area contributed by atoms with Crippen molar-refractivity contribution in [3.8, 4) is 0 Å². The van der Waals surface area contributed by atoms with Gasteiger partial charge in [-0.05, 0) is 19.1 Å². The first-order chi connectivity index (χ1) is 8.56. The van der Waals surface area contributed by atoms with Crippen LogP contribution in [0.25, 0.3) is 0 Å². The molecule has 1 aromatic carbocycles. The van der Waals surface area contributed by atoms with Crippen LogP contribution in [0.5, 0.6) is 0 Å². The molecule has 7 heteroatoms. The van der Waals surface area contributed by atoms with E-state index < -0.39 is 10.8 Å². The zero-order valence-electron chi connectivity index (χ0n) is 9.41. The Balaban J connectivity index is 2.11. The fraction of sp³-hybridized carbons (Fsp3) is 0.0909. The average Bonchev–Trinajstić information content (AvgIpc) is 2.75. The smallest absolute Gasteiger partial charge is 0.269 e. The molecule has 0 saturated heterocycles. The molecule has 1 amide bonds. The second-order valence-electron chi connectivity index (χ2n) is 3.59. The molecule has 0 radical (unpaired) electrons. The molecule has 0 aliphatic carbocycles. The van der Waals surface area contributed by atoms with Crippen LogP contribution >= 0.6 is 0 Å². The van der Waals surface area contributed by atoms with Gasteiger partial charge in [0.1, 0.15) is 0 Å². The van der Waals surface area contributed by atoms with E-state index in [2.05, 4.69) is 10.5 Å². The van der Waals surface area contributed by atoms with Gasteiger partial charge in [0.2, 0.25) is 5.88 Å². The summed E-state index contributed by atoms with van der Waals surface area (Å²) in [5.41, 5.74) is 0.880. The highest BCUT2D eigenvalue weighted by Gasteiger charge is 2.11. The van der Waals surface area contributed by atoms with Crippen LogP contribution in [-0.2, 0) is 0 Å². The Labute approximate surface area is 102 Å². The number of carbonyl (C=O) groups excluding carboxylic acids is 1. The first-order valence-electron chi connectivity index (χ1n) is 5.05. The summed E-state index contributed by atoms with van der Waals surface area (Å²) in [4.78, 5) is 21.7. The van der Waals surface area contributed by atoms with Crippen LogP contribution in [0.2, 0.25) is 0 Å². The van der Waals surface area contributed by atoms with Crippen molar-refractivity contribution in [1.29, 1.82) is 0 Å². The zero-order chi connectivity index (χ0) is 13.1. The number of nitrogens with one attached hydrogen (secondary N) is 1. The lowest BCUT2D eigenvalue weighted by Gasteiger charge is -2.00. The molecule has 0 atom stereocenters. The highest BCUT2D eigenvalue weighted by molar-refractivity contribution is 6.03. The fourth-order valence-electron chi connectivity index (χ4n) is 1.34. The maximum absolute atomic E-state index is 11.7. The number of nitro benzene ring substituents is 1. The zero-order valence-corrected chi connectivity index (χ0v) is 9.41. The van der Waals surface area contributed by atoms with Crippen LogP contribution in [-0.4, -0.2) is 16.0 Å². The van der Waals surface area contributed by atoms with Crippen molar-refractivity contribution in [1.82, 2.24) is 5.16 Å². The minimum Gasteiger partial charge on any atom is -0.338 e. The van der Waals surface area contributed by atoms with Crippen LogP contribution in [0.15, 0.2) is 34.9 Å². The molecule has 92 valence electrons.